The van der Waals surface area contributed by atoms with Crippen LogP contribution in [0.2, 0.25) is 0 Å². The predicted octanol–water partition coefficient (Wildman–Crippen LogP) is 2.60. The Morgan fingerprint density at radius 2 is 1.91 bits per heavy atom. The van der Waals surface area contributed by atoms with Gasteiger partial charge in [-0.2, -0.15) is 0 Å². The zero-order valence-electron chi connectivity index (χ0n) is 19.2. The molecule has 2 N–H and O–H groups in total. The quantitative estimate of drug-likeness (QED) is 0.508. The van der Waals surface area contributed by atoms with Gasteiger partial charge in [-0.3, -0.25) is 29.8 Å². The average Bonchev–Trinajstić information content (AvgIpc) is 2.79. The smallest absolute Gasteiger partial charge is 0.269 e. The number of nitrogens with one attached hydrogen (secondary N) is 2. The highest BCUT2D eigenvalue weighted by Gasteiger charge is 2.14. The van der Waals surface area contributed by atoms with Gasteiger partial charge in [-0.15, -0.1) is 0 Å². The number of rotatable bonds is 8. The van der Waals surface area contributed by atoms with E-state index in [0.717, 1.165) is 12.0 Å². The largest absolute Gasteiger partial charge is 0.493 e. The van der Waals surface area contributed by atoms with Gasteiger partial charge in [-0.05, 0) is 49.1 Å². The maximum atomic E-state index is 12.6. The summed E-state index contributed by atoms with van der Waals surface area (Å²) in [6, 6.07) is 10.1. The Labute approximate surface area is 191 Å². The minimum atomic E-state index is -0.570. The number of benzene rings is 2. The Hall–Kier alpha value is -3.88. The third-order valence-electron chi connectivity index (χ3n) is 5.06. The second-order valence-electron chi connectivity index (χ2n) is 8.05. The van der Waals surface area contributed by atoms with Crippen LogP contribution in [-0.4, -0.2) is 35.1 Å². The van der Waals surface area contributed by atoms with Crippen molar-refractivity contribution in [3.05, 3.63) is 64.2 Å². The minimum absolute atomic E-state index is 0.281. The molecule has 0 bridgehead atoms. The molecule has 0 atom stereocenters. The number of hydrogen-bond donors (Lipinski definition) is 2. The third-order valence-corrected chi connectivity index (χ3v) is 5.06. The number of ether oxygens (including phenoxy) is 2. The number of fused-ring (bicyclic) bond motifs is 1. The van der Waals surface area contributed by atoms with Crippen molar-refractivity contribution in [3.63, 3.8) is 0 Å². The first kappa shape index (κ1) is 23.8. The minimum Gasteiger partial charge on any atom is -0.493 e. The summed E-state index contributed by atoms with van der Waals surface area (Å²) in [7, 11) is 1.49. The number of carbonyl (C=O) groups excluding carboxylic acids is 2. The van der Waals surface area contributed by atoms with Gasteiger partial charge in [0.05, 0.1) is 30.9 Å². The molecule has 0 unspecified atom stereocenters. The summed E-state index contributed by atoms with van der Waals surface area (Å²) >= 11 is 0. The zero-order chi connectivity index (χ0) is 24.0. The lowest BCUT2D eigenvalue weighted by molar-refractivity contribution is -0.122. The summed E-state index contributed by atoms with van der Waals surface area (Å²) in [5.74, 6) is 0.365. The van der Waals surface area contributed by atoms with Crippen LogP contribution in [0.1, 0.15) is 36.2 Å². The lowest BCUT2D eigenvalue weighted by Gasteiger charge is -2.13. The Morgan fingerprint density at radius 3 is 2.64 bits per heavy atom. The van der Waals surface area contributed by atoms with Crippen molar-refractivity contribution in [3.8, 4) is 11.5 Å². The van der Waals surface area contributed by atoms with Crippen molar-refractivity contribution in [2.45, 2.75) is 33.7 Å². The number of methoxy groups -OCH3 is 1. The molecular weight excluding hydrogens is 424 g/mol. The van der Waals surface area contributed by atoms with Gasteiger partial charge >= 0.3 is 0 Å². The summed E-state index contributed by atoms with van der Waals surface area (Å²) in [4.78, 5) is 41.6. The van der Waals surface area contributed by atoms with Crippen LogP contribution in [0.4, 0.5) is 0 Å². The monoisotopic (exact) mass is 452 g/mol. The van der Waals surface area contributed by atoms with Crippen molar-refractivity contribution in [2.24, 2.45) is 5.92 Å². The summed E-state index contributed by atoms with van der Waals surface area (Å²) in [5.41, 5.74) is 6.08. The molecule has 33 heavy (non-hydrogen) atoms. The summed E-state index contributed by atoms with van der Waals surface area (Å²) in [6.45, 7) is 6.33. The van der Waals surface area contributed by atoms with Gasteiger partial charge in [0.15, 0.2) is 11.5 Å². The molecule has 9 nitrogen and oxygen atoms in total. The number of hydrogen-bond acceptors (Lipinski definition) is 6. The normalized spacial score (nSPS) is 10.8. The highest BCUT2D eigenvalue weighted by atomic mass is 16.5. The highest BCUT2D eigenvalue weighted by Crippen LogP contribution is 2.28. The van der Waals surface area contributed by atoms with Crippen LogP contribution in [0, 0.1) is 12.8 Å². The summed E-state index contributed by atoms with van der Waals surface area (Å²) < 4.78 is 12.2. The zero-order valence-corrected chi connectivity index (χ0v) is 19.2. The molecule has 1 aromatic heterocycles. The van der Waals surface area contributed by atoms with Gasteiger partial charge in [0.2, 0.25) is 0 Å². The van der Waals surface area contributed by atoms with Crippen LogP contribution >= 0.6 is 0 Å². The number of para-hydroxylation sites is 1. The third kappa shape index (κ3) is 5.88. The molecule has 0 aliphatic heterocycles. The molecule has 2 amide bonds. The first-order valence-corrected chi connectivity index (χ1v) is 10.6. The van der Waals surface area contributed by atoms with E-state index in [1.807, 2.05) is 13.0 Å². The van der Waals surface area contributed by atoms with Gasteiger partial charge in [0.25, 0.3) is 17.4 Å². The van der Waals surface area contributed by atoms with Crippen molar-refractivity contribution in [1.29, 1.82) is 0 Å². The van der Waals surface area contributed by atoms with Gasteiger partial charge < -0.3 is 9.47 Å². The van der Waals surface area contributed by atoms with E-state index >= 15 is 0 Å². The van der Waals surface area contributed by atoms with Gasteiger partial charge in [-0.25, -0.2) is 4.98 Å². The fourth-order valence-electron chi connectivity index (χ4n) is 3.18. The predicted molar refractivity (Wildman–Crippen MR) is 124 cm³/mol. The van der Waals surface area contributed by atoms with E-state index in [2.05, 4.69) is 29.7 Å². The van der Waals surface area contributed by atoms with Crippen LogP contribution in [0.5, 0.6) is 11.5 Å². The fourth-order valence-corrected chi connectivity index (χ4v) is 3.18. The molecule has 0 fully saturated rings. The SMILES string of the molecule is COc1cc(C(=O)NNC(=O)Cn2cnc3c(C)cccc3c2=O)ccc1OCCC(C)C. The molecule has 174 valence electrons. The maximum Gasteiger partial charge on any atom is 0.269 e. The van der Waals surface area contributed by atoms with Crippen LogP contribution in [0.25, 0.3) is 10.9 Å². The maximum absolute atomic E-state index is 12.6. The lowest BCUT2D eigenvalue weighted by atomic mass is 10.1. The summed E-state index contributed by atoms with van der Waals surface area (Å²) in [6.07, 6.45) is 2.22. The van der Waals surface area contributed by atoms with Crippen molar-refractivity contribution in [1.82, 2.24) is 20.4 Å². The number of amides is 2. The molecule has 0 saturated heterocycles. The lowest BCUT2D eigenvalue weighted by Crippen LogP contribution is -2.44. The van der Waals surface area contributed by atoms with E-state index in [0.29, 0.717) is 34.9 Å². The summed E-state index contributed by atoms with van der Waals surface area (Å²) in [5, 5.41) is 0.428. The number of hydrazine groups is 1. The first-order chi connectivity index (χ1) is 15.8. The molecule has 3 rings (SSSR count). The van der Waals surface area contributed by atoms with Gasteiger partial charge in [-0.1, -0.05) is 26.0 Å². The molecule has 0 radical (unpaired) electrons. The molecule has 0 saturated carbocycles. The number of aromatic nitrogens is 2. The Morgan fingerprint density at radius 1 is 1.12 bits per heavy atom. The number of aryl methyl sites for hydroxylation is 1. The van der Waals surface area contributed by atoms with Crippen LogP contribution in [0.3, 0.4) is 0 Å². The molecule has 2 aromatic carbocycles. The average molecular weight is 453 g/mol. The van der Waals surface area contributed by atoms with Crippen molar-refractivity contribution < 1.29 is 19.1 Å². The Bertz CT molecular complexity index is 1220. The molecule has 0 aliphatic carbocycles. The first-order valence-electron chi connectivity index (χ1n) is 10.6. The molecular formula is C24H28N4O5. The molecule has 0 aliphatic rings. The van der Waals surface area contributed by atoms with E-state index in [1.54, 1.807) is 24.3 Å². The molecule has 3 aromatic rings. The highest BCUT2D eigenvalue weighted by molar-refractivity contribution is 5.96. The van der Waals surface area contributed by atoms with Crippen LogP contribution < -0.4 is 25.9 Å². The van der Waals surface area contributed by atoms with Crippen LogP contribution in [-0.2, 0) is 11.3 Å². The topological polar surface area (TPSA) is 112 Å². The molecule has 1 heterocycles. The second kappa shape index (κ2) is 10.6. The molecule has 0 spiro atoms. The van der Waals surface area contributed by atoms with E-state index < -0.39 is 11.8 Å². The van der Waals surface area contributed by atoms with E-state index in [-0.39, 0.29) is 17.7 Å². The van der Waals surface area contributed by atoms with Crippen molar-refractivity contribution in [2.75, 3.05) is 13.7 Å². The molecule has 9 heteroatoms. The van der Waals surface area contributed by atoms with E-state index in [4.69, 9.17) is 9.47 Å². The Kier molecular flexibility index (Phi) is 7.66. The number of carbonyl (C=O) groups is 2. The number of nitrogens with zero attached hydrogens (tertiary/aromatic N) is 2. The van der Waals surface area contributed by atoms with Crippen molar-refractivity contribution >= 4 is 22.7 Å². The van der Waals surface area contributed by atoms with Gasteiger partial charge in [0, 0.05) is 5.56 Å². The van der Waals surface area contributed by atoms with E-state index in [9.17, 15) is 14.4 Å². The van der Waals surface area contributed by atoms with Gasteiger partial charge in [0.1, 0.15) is 6.54 Å². The van der Waals surface area contributed by atoms with Crippen LogP contribution in [0.15, 0.2) is 47.5 Å². The Balaban J connectivity index is 1.61. The fraction of sp³-hybridized carbons (Fsp3) is 0.333. The standard InChI is InChI=1S/C24H28N4O5/c1-15(2)10-11-33-19-9-8-17(12-20(19)32-4)23(30)27-26-21(29)13-28-14-25-22-16(3)6-5-7-18(22)24(28)31/h5-9,12,14-15H,10-11,13H2,1-4H3,(H,26,29)(H,27,30). The van der Waals surface area contributed by atoms with E-state index in [1.165, 1.54) is 24.1 Å². The second-order valence-corrected chi connectivity index (χ2v) is 8.05.